The predicted octanol–water partition coefficient (Wildman–Crippen LogP) is 2.69. The van der Waals surface area contributed by atoms with Crippen LogP contribution in [-0.2, 0) is 27.2 Å². The number of ether oxygens (including phenoxy) is 1. The Morgan fingerprint density at radius 3 is 2.36 bits per heavy atom. The van der Waals surface area contributed by atoms with Gasteiger partial charge in [-0.05, 0) is 62.1 Å². The van der Waals surface area contributed by atoms with Gasteiger partial charge in [0, 0.05) is 6.54 Å². The van der Waals surface area contributed by atoms with E-state index in [1.807, 2.05) is 30.3 Å². The molecule has 0 unspecified atom stereocenters. The molecule has 220 valence electrons. The van der Waals surface area contributed by atoms with Gasteiger partial charge < -0.3 is 26.0 Å². The second-order valence-electron chi connectivity index (χ2n) is 10.7. The maximum absolute atomic E-state index is 13.4. The molecule has 0 aliphatic carbocycles. The molecule has 4 amide bonds. The van der Waals surface area contributed by atoms with E-state index in [-0.39, 0.29) is 30.3 Å². The molecule has 10 heteroatoms. The number of nitrogens with one attached hydrogen (secondary N) is 4. The zero-order chi connectivity index (χ0) is 30.1. The summed E-state index contributed by atoms with van der Waals surface area (Å²) in [6, 6.07) is 20.4. The summed E-state index contributed by atoms with van der Waals surface area (Å²) in [6.07, 6.45) is 0.485. The number of fused-ring (bicyclic) bond motifs is 1. The van der Waals surface area contributed by atoms with E-state index in [0.717, 1.165) is 11.1 Å². The van der Waals surface area contributed by atoms with Crippen molar-refractivity contribution in [3.05, 3.63) is 101 Å². The molecule has 0 aromatic heterocycles. The van der Waals surface area contributed by atoms with Crippen molar-refractivity contribution in [3.8, 4) is 5.75 Å². The largest absolute Gasteiger partial charge is 0.491 e. The van der Waals surface area contributed by atoms with Gasteiger partial charge in [-0.15, -0.1) is 0 Å². The first kappa shape index (κ1) is 30.2. The van der Waals surface area contributed by atoms with Gasteiger partial charge >= 0.3 is 0 Å². The van der Waals surface area contributed by atoms with E-state index in [1.165, 1.54) is 12.1 Å². The van der Waals surface area contributed by atoms with Gasteiger partial charge in [0.05, 0.1) is 18.0 Å². The normalized spacial score (nSPS) is 19.2. The lowest BCUT2D eigenvalue weighted by molar-refractivity contribution is -0.134. The van der Waals surface area contributed by atoms with Gasteiger partial charge in [-0.3, -0.25) is 19.2 Å². The maximum atomic E-state index is 13.4. The van der Waals surface area contributed by atoms with Crippen LogP contribution in [0.15, 0.2) is 78.9 Å². The Kier molecular flexibility index (Phi) is 9.90. The van der Waals surface area contributed by atoms with Gasteiger partial charge in [0.2, 0.25) is 17.7 Å². The number of hydrogen-bond acceptors (Lipinski definition) is 5. The van der Waals surface area contributed by atoms with E-state index in [1.54, 1.807) is 50.2 Å². The third kappa shape index (κ3) is 8.39. The number of amides is 4. The van der Waals surface area contributed by atoms with Crippen molar-refractivity contribution in [1.29, 1.82) is 0 Å². The van der Waals surface area contributed by atoms with Gasteiger partial charge in [0.1, 0.15) is 29.8 Å². The van der Waals surface area contributed by atoms with Crippen molar-refractivity contribution in [1.82, 2.24) is 21.3 Å². The van der Waals surface area contributed by atoms with Crippen LogP contribution in [0.4, 0.5) is 4.39 Å². The smallest absolute Gasteiger partial charge is 0.255 e. The number of para-hydroxylation sites is 1. The fourth-order valence-electron chi connectivity index (χ4n) is 4.58. The first-order valence-electron chi connectivity index (χ1n) is 13.8. The van der Waals surface area contributed by atoms with E-state index in [4.69, 9.17) is 4.74 Å². The van der Waals surface area contributed by atoms with Crippen molar-refractivity contribution < 1.29 is 28.3 Å². The molecule has 0 radical (unpaired) electrons. The van der Waals surface area contributed by atoms with Crippen molar-refractivity contribution in [2.24, 2.45) is 0 Å². The Labute approximate surface area is 244 Å². The average Bonchev–Trinajstić information content (AvgIpc) is 2.96. The second kappa shape index (κ2) is 13.8. The molecule has 1 heterocycles. The highest BCUT2D eigenvalue weighted by molar-refractivity contribution is 6.01. The zero-order valence-electron chi connectivity index (χ0n) is 23.6. The van der Waals surface area contributed by atoms with Crippen LogP contribution in [0.1, 0.15) is 41.8 Å². The van der Waals surface area contributed by atoms with Crippen LogP contribution in [-0.4, -0.2) is 54.4 Å². The van der Waals surface area contributed by atoms with Crippen molar-refractivity contribution in [3.63, 3.8) is 0 Å². The summed E-state index contributed by atoms with van der Waals surface area (Å²) in [7, 11) is 0. The van der Waals surface area contributed by atoms with Gasteiger partial charge in [-0.1, -0.05) is 54.6 Å². The third-order valence-corrected chi connectivity index (χ3v) is 6.89. The summed E-state index contributed by atoms with van der Waals surface area (Å²) >= 11 is 0. The average molecular weight is 575 g/mol. The van der Waals surface area contributed by atoms with Gasteiger partial charge in [0.25, 0.3) is 5.91 Å². The fourth-order valence-corrected chi connectivity index (χ4v) is 4.58. The number of carbonyl (C=O) groups excluding carboxylic acids is 4. The van der Waals surface area contributed by atoms with Crippen molar-refractivity contribution in [2.75, 3.05) is 13.2 Å². The number of rotatable bonds is 6. The summed E-state index contributed by atoms with van der Waals surface area (Å²) in [6.45, 7) is 3.40. The van der Waals surface area contributed by atoms with Crippen LogP contribution in [0.3, 0.4) is 0 Å². The van der Waals surface area contributed by atoms with Crippen LogP contribution < -0.4 is 26.0 Å². The molecule has 0 fully saturated rings. The first-order valence-corrected chi connectivity index (χ1v) is 13.8. The summed E-state index contributed by atoms with van der Waals surface area (Å²) in [4.78, 5) is 52.9. The first-order chi connectivity index (χ1) is 20.1. The van der Waals surface area contributed by atoms with Crippen LogP contribution in [0, 0.1) is 5.82 Å². The molecule has 2 atom stereocenters. The standard InChI is InChI=1S/C32H35FN4O5/c1-32(2)31(41)35-24(18-22-8-4-3-5-9-22)20-42-27-11-7-6-10-25(27)29(39)36-26(19-28(38)37-32)30(40)34-17-16-21-12-14-23(33)15-13-21/h3-15,24,26H,16-20H2,1-2H3,(H,34,40)(H,35,41)(H,36,39)(H,37,38)/t24-,26+/m1/s1. The number of halogens is 1. The molecule has 3 aromatic carbocycles. The summed E-state index contributed by atoms with van der Waals surface area (Å²) in [5, 5.41) is 11.1. The summed E-state index contributed by atoms with van der Waals surface area (Å²) in [5.74, 6) is -2.25. The molecule has 9 nitrogen and oxygen atoms in total. The Balaban J connectivity index is 1.55. The molecule has 0 spiro atoms. The molecule has 0 saturated carbocycles. The Morgan fingerprint density at radius 2 is 1.62 bits per heavy atom. The van der Waals surface area contributed by atoms with Gasteiger partial charge in [-0.25, -0.2) is 4.39 Å². The molecular weight excluding hydrogens is 539 g/mol. The summed E-state index contributed by atoms with van der Waals surface area (Å²) in [5.41, 5.74) is 0.661. The Bertz CT molecular complexity index is 1410. The molecule has 4 rings (SSSR count). The minimum atomic E-state index is -1.32. The minimum Gasteiger partial charge on any atom is -0.491 e. The zero-order valence-corrected chi connectivity index (χ0v) is 23.6. The SMILES string of the molecule is CC1(C)NC(=O)C[C@@H](C(=O)NCCc2ccc(F)cc2)NC(=O)c2ccccc2OC[C@@H](Cc2ccccc2)NC1=O. The molecule has 1 aliphatic heterocycles. The predicted molar refractivity (Wildman–Crippen MR) is 155 cm³/mol. The lowest BCUT2D eigenvalue weighted by Gasteiger charge is -2.30. The summed E-state index contributed by atoms with van der Waals surface area (Å²) < 4.78 is 19.3. The monoisotopic (exact) mass is 574 g/mol. The van der Waals surface area contributed by atoms with E-state index >= 15 is 0 Å². The lowest BCUT2D eigenvalue weighted by atomic mass is 10.0. The van der Waals surface area contributed by atoms with E-state index in [9.17, 15) is 23.6 Å². The highest BCUT2D eigenvalue weighted by Crippen LogP contribution is 2.20. The second-order valence-corrected chi connectivity index (χ2v) is 10.7. The fraction of sp³-hybridized carbons (Fsp3) is 0.312. The van der Waals surface area contributed by atoms with E-state index in [0.29, 0.717) is 12.8 Å². The molecule has 42 heavy (non-hydrogen) atoms. The maximum Gasteiger partial charge on any atom is 0.255 e. The molecule has 3 aromatic rings. The molecular formula is C32H35FN4O5. The van der Waals surface area contributed by atoms with E-state index < -0.39 is 47.7 Å². The minimum absolute atomic E-state index is 0.0578. The van der Waals surface area contributed by atoms with Gasteiger partial charge in [0.15, 0.2) is 0 Å². The Hall–Kier alpha value is -4.73. The van der Waals surface area contributed by atoms with Crippen molar-refractivity contribution in [2.45, 2.75) is 50.7 Å². The quantitative estimate of drug-likeness (QED) is 0.360. The Morgan fingerprint density at radius 1 is 0.929 bits per heavy atom. The molecule has 0 saturated heterocycles. The number of carbonyl (C=O) groups is 4. The number of hydrogen-bond donors (Lipinski definition) is 4. The van der Waals surface area contributed by atoms with Crippen molar-refractivity contribution >= 4 is 23.6 Å². The van der Waals surface area contributed by atoms with Crippen LogP contribution >= 0.6 is 0 Å². The molecule has 1 aliphatic rings. The third-order valence-electron chi connectivity index (χ3n) is 6.89. The number of benzene rings is 3. The van der Waals surface area contributed by atoms with E-state index in [2.05, 4.69) is 21.3 Å². The topological polar surface area (TPSA) is 126 Å². The lowest BCUT2D eigenvalue weighted by Crippen LogP contribution is -2.59. The van der Waals surface area contributed by atoms with Crippen LogP contribution in [0.5, 0.6) is 5.75 Å². The van der Waals surface area contributed by atoms with Gasteiger partial charge in [-0.2, -0.15) is 0 Å². The molecule has 0 bridgehead atoms. The van der Waals surface area contributed by atoms with Crippen LogP contribution in [0.25, 0.3) is 0 Å². The highest BCUT2D eigenvalue weighted by atomic mass is 19.1. The molecule has 4 N–H and O–H groups in total. The van der Waals surface area contributed by atoms with Crippen LogP contribution in [0.2, 0.25) is 0 Å². The highest BCUT2D eigenvalue weighted by Gasteiger charge is 2.34.